The molecule has 0 radical (unpaired) electrons. The van der Waals surface area contributed by atoms with E-state index in [9.17, 15) is 9.90 Å². The van der Waals surface area contributed by atoms with Crippen molar-refractivity contribution in [3.8, 4) is 17.3 Å². The fourth-order valence-electron chi connectivity index (χ4n) is 2.50. The molecule has 0 saturated heterocycles. The highest BCUT2D eigenvalue weighted by Crippen LogP contribution is 2.34. The van der Waals surface area contributed by atoms with E-state index < -0.39 is 5.97 Å². The molecule has 0 amide bonds. The molecule has 0 spiro atoms. The lowest BCUT2D eigenvalue weighted by molar-refractivity contribution is -0.136. The van der Waals surface area contributed by atoms with Gasteiger partial charge in [-0.2, -0.15) is 5.10 Å². The quantitative estimate of drug-likeness (QED) is 0.885. The van der Waals surface area contributed by atoms with Gasteiger partial charge in [0.25, 0.3) is 0 Å². The molecule has 6 heteroatoms. The minimum atomic E-state index is -0.864. The van der Waals surface area contributed by atoms with Gasteiger partial charge in [-0.15, -0.1) is 0 Å². The highest BCUT2D eigenvalue weighted by molar-refractivity contribution is 5.67. The van der Waals surface area contributed by atoms with Crippen molar-refractivity contribution in [3.05, 3.63) is 35.5 Å². The van der Waals surface area contributed by atoms with Gasteiger partial charge in [0.15, 0.2) is 0 Å². The zero-order chi connectivity index (χ0) is 17.2. The van der Waals surface area contributed by atoms with E-state index in [1.165, 1.54) is 7.11 Å². The third-order valence-electron chi connectivity index (χ3n) is 3.50. The van der Waals surface area contributed by atoms with Gasteiger partial charge >= 0.3 is 5.97 Å². The zero-order valence-electron chi connectivity index (χ0n) is 13.8. The summed E-state index contributed by atoms with van der Waals surface area (Å²) >= 11 is 0. The Morgan fingerprint density at radius 3 is 2.57 bits per heavy atom. The Balaban J connectivity index is 2.61. The van der Waals surface area contributed by atoms with Crippen LogP contribution in [0.2, 0.25) is 0 Å². The third-order valence-corrected chi connectivity index (χ3v) is 3.50. The monoisotopic (exact) mass is 318 g/mol. The number of carboxylic acids is 1. The Morgan fingerprint density at radius 2 is 2.04 bits per heavy atom. The molecule has 0 aliphatic rings. The smallest absolute Gasteiger partial charge is 0.303 e. The van der Waals surface area contributed by atoms with Crippen LogP contribution in [0.1, 0.15) is 38.4 Å². The van der Waals surface area contributed by atoms with Crippen molar-refractivity contribution in [2.24, 2.45) is 0 Å². The number of aromatic nitrogens is 2. The summed E-state index contributed by atoms with van der Waals surface area (Å²) in [6.45, 7) is 6.06. The van der Waals surface area contributed by atoms with Gasteiger partial charge in [0.1, 0.15) is 5.75 Å². The number of phenols is 1. The van der Waals surface area contributed by atoms with Gasteiger partial charge < -0.3 is 14.9 Å². The number of benzene rings is 1. The number of hydrogen-bond acceptors (Lipinski definition) is 4. The summed E-state index contributed by atoms with van der Waals surface area (Å²) in [5.41, 5.74) is 1.97. The van der Waals surface area contributed by atoms with Crippen LogP contribution in [0.4, 0.5) is 0 Å². The topological polar surface area (TPSA) is 84.6 Å². The molecule has 0 unspecified atom stereocenters. The van der Waals surface area contributed by atoms with Gasteiger partial charge in [0, 0.05) is 23.5 Å². The maximum Gasteiger partial charge on any atom is 0.303 e. The molecule has 0 aliphatic carbocycles. The van der Waals surface area contributed by atoms with Crippen LogP contribution in [-0.2, 0) is 16.6 Å². The van der Waals surface area contributed by atoms with Gasteiger partial charge in [-0.25, -0.2) is 4.68 Å². The van der Waals surface area contributed by atoms with Crippen molar-refractivity contribution in [3.63, 3.8) is 0 Å². The van der Waals surface area contributed by atoms with Crippen LogP contribution in [0.3, 0.4) is 0 Å². The molecule has 0 atom stereocenters. The average molecular weight is 318 g/mol. The minimum Gasteiger partial charge on any atom is -0.508 e. The summed E-state index contributed by atoms with van der Waals surface area (Å²) < 4.78 is 7.11. The van der Waals surface area contributed by atoms with Crippen molar-refractivity contribution in [1.29, 1.82) is 0 Å². The van der Waals surface area contributed by atoms with Gasteiger partial charge in [0.2, 0.25) is 5.88 Å². The van der Waals surface area contributed by atoms with Crippen LogP contribution in [0.5, 0.6) is 11.6 Å². The first-order chi connectivity index (χ1) is 10.7. The Morgan fingerprint density at radius 1 is 1.35 bits per heavy atom. The van der Waals surface area contributed by atoms with Crippen LogP contribution < -0.4 is 4.74 Å². The SMILES string of the molecule is COc1c(CCC(=O)O)c(C(C)(C)C)nn1-c1cccc(O)c1. The number of carboxylic acid groups (broad SMARTS) is 1. The van der Waals surface area contributed by atoms with E-state index >= 15 is 0 Å². The maximum absolute atomic E-state index is 11.0. The predicted octanol–water partition coefficient (Wildman–Crippen LogP) is 2.90. The van der Waals surface area contributed by atoms with E-state index in [0.717, 1.165) is 11.3 Å². The van der Waals surface area contributed by atoms with Crippen LogP contribution in [0.15, 0.2) is 24.3 Å². The highest BCUT2D eigenvalue weighted by Gasteiger charge is 2.28. The van der Waals surface area contributed by atoms with Gasteiger partial charge in [0.05, 0.1) is 18.5 Å². The van der Waals surface area contributed by atoms with Crippen molar-refractivity contribution in [1.82, 2.24) is 9.78 Å². The standard InChI is InChI=1S/C17H22N2O4/c1-17(2,3)15-13(8-9-14(21)22)16(23-4)19(18-15)11-6-5-7-12(20)10-11/h5-7,10,20H,8-9H2,1-4H3,(H,21,22). The molecule has 1 aromatic carbocycles. The first-order valence-electron chi connectivity index (χ1n) is 7.41. The first kappa shape index (κ1) is 16.9. The largest absolute Gasteiger partial charge is 0.508 e. The van der Waals surface area contributed by atoms with E-state index in [1.54, 1.807) is 22.9 Å². The number of carbonyl (C=O) groups is 1. The van der Waals surface area contributed by atoms with Crippen molar-refractivity contribution in [2.45, 2.75) is 39.0 Å². The fourth-order valence-corrected chi connectivity index (χ4v) is 2.50. The normalized spacial score (nSPS) is 11.5. The lowest BCUT2D eigenvalue weighted by Gasteiger charge is -2.17. The molecule has 0 bridgehead atoms. The van der Waals surface area contributed by atoms with E-state index in [0.29, 0.717) is 18.0 Å². The number of ether oxygens (including phenoxy) is 1. The number of rotatable bonds is 5. The van der Waals surface area contributed by atoms with Gasteiger partial charge in [-0.05, 0) is 18.6 Å². The number of nitrogens with zero attached hydrogens (tertiary/aromatic N) is 2. The summed E-state index contributed by atoms with van der Waals surface area (Å²) in [7, 11) is 1.53. The van der Waals surface area contributed by atoms with Crippen LogP contribution in [-0.4, -0.2) is 33.1 Å². The van der Waals surface area contributed by atoms with Crippen LogP contribution in [0, 0.1) is 0 Å². The second-order valence-electron chi connectivity index (χ2n) is 6.41. The first-order valence-corrected chi connectivity index (χ1v) is 7.41. The van der Waals surface area contributed by atoms with Gasteiger partial charge in [-0.3, -0.25) is 4.79 Å². The molecule has 1 aromatic heterocycles. The van der Waals surface area contributed by atoms with E-state index in [2.05, 4.69) is 5.10 Å². The molecule has 23 heavy (non-hydrogen) atoms. The number of hydrogen-bond donors (Lipinski definition) is 2. The molecule has 2 aromatic rings. The predicted molar refractivity (Wildman–Crippen MR) is 86.4 cm³/mol. The number of aromatic hydroxyl groups is 1. The molecule has 2 rings (SSSR count). The summed E-state index contributed by atoms with van der Waals surface area (Å²) in [6, 6.07) is 6.69. The minimum absolute atomic E-state index is 0.00513. The second kappa shape index (κ2) is 6.32. The molecular weight excluding hydrogens is 296 g/mol. The van der Waals surface area contributed by atoms with Crippen molar-refractivity contribution >= 4 is 5.97 Å². The van der Waals surface area contributed by atoms with Crippen molar-refractivity contribution < 1.29 is 19.7 Å². The Hall–Kier alpha value is -2.50. The number of aliphatic carboxylic acids is 1. The molecular formula is C17H22N2O4. The van der Waals surface area contributed by atoms with E-state index in [1.807, 2.05) is 26.8 Å². The van der Waals surface area contributed by atoms with E-state index in [4.69, 9.17) is 9.84 Å². The zero-order valence-corrected chi connectivity index (χ0v) is 13.8. The Labute approximate surface area is 135 Å². The molecule has 124 valence electrons. The summed E-state index contributed by atoms with van der Waals surface area (Å²) in [6.07, 6.45) is 0.342. The lowest BCUT2D eigenvalue weighted by Crippen LogP contribution is -2.15. The highest BCUT2D eigenvalue weighted by atomic mass is 16.5. The van der Waals surface area contributed by atoms with Gasteiger partial charge in [-0.1, -0.05) is 26.8 Å². The lowest BCUT2D eigenvalue weighted by atomic mass is 9.88. The number of phenolic OH excluding ortho intramolecular Hbond substituents is 1. The molecule has 0 aliphatic heterocycles. The summed E-state index contributed by atoms with van der Waals surface area (Å²) in [5.74, 6) is -0.233. The maximum atomic E-state index is 11.0. The summed E-state index contributed by atoms with van der Waals surface area (Å²) in [5, 5.41) is 23.3. The Kier molecular flexibility index (Phi) is 4.63. The van der Waals surface area contributed by atoms with Crippen LogP contribution >= 0.6 is 0 Å². The summed E-state index contributed by atoms with van der Waals surface area (Å²) in [4.78, 5) is 11.0. The molecule has 1 heterocycles. The third kappa shape index (κ3) is 3.64. The fraction of sp³-hybridized carbons (Fsp3) is 0.412. The molecule has 2 N–H and O–H groups in total. The van der Waals surface area contributed by atoms with Crippen LogP contribution in [0.25, 0.3) is 5.69 Å². The molecule has 6 nitrogen and oxygen atoms in total. The average Bonchev–Trinajstić information content (AvgIpc) is 2.83. The molecule has 0 saturated carbocycles. The molecule has 0 fully saturated rings. The second-order valence-corrected chi connectivity index (χ2v) is 6.41. The van der Waals surface area contributed by atoms with E-state index in [-0.39, 0.29) is 17.6 Å². The van der Waals surface area contributed by atoms with Crippen molar-refractivity contribution in [2.75, 3.05) is 7.11 Å². The Bertz CT molecular complexity index is 714. The number of methoxy groups -OCH3 is 1.